The van der Waals surface area contributed by atoms with Crippen LogP contribution in [0.15, 0.2) is 54.2 Å². The second-order valence-electron chi connectivity index (χ2n) is 6.33. The number of rotatable bonds is 9. The third-order valence-electron chi connectivity index (χ3n) is 4.58. The highest BCUT2D eigenvalue weighted by molar-refractivity contribution is 7.98. The Balaban J connectivity index is 1.91. The third kappa shape index (κ3) is 4.40. The predicted molar refractivity (Wildman–Crippen MR) is 116 cm³/mol. The first-order chi connectivity index (χ1) is 14.1. The second kappa shape index (κ2) is 9.52. The molecule has 3 aromatic rings. The fourth-order valence-electron chi connectivity index (χ4n) is 3.04. The van der Waals surface area contributed by atoms with Gasteiger partial charge in [-0.05, 0) is 42.3 Å². The van der Waals surface area contributed by atoms with Crippen LogP contribution in [-0.4, -0.2) is 36.1 Å². The number of aryl methyl sites for hydroxylation is 1. The molecule has 0 radical (unpaired) electrons. The summed E-state index contributed by atoms with van der Waals surface area (Å²) >= 11 is 1.62. The first-order valence-corrected chi connectivity index (χ1v) is 10.1. The van der Waals surface area contributed by atoms with Crippen LogP contribution in [0.3, 0.4) is 0 Å². The summed E-state index contributed by atoms with van der Waals surface area (Å²) in [6.45, 7) is 6.55. The van der Waals surface area contributed by atoms with Crippen molar-refractivity contribution in [1.29, 1.82) is 0 Å². The lowest BCUT2D eigenvalue weighted by molar-refractivity contribution is 0.354. The van der Waals surface area contributed by atoms with Gasteiger partial charge in [0.25, 0.3) is 0 Å². The number of para-hydroxylation sites is 1. The molecule has 0 N–H and O–H groups in total. The zero-order valence-corrected chi connectivity index (χ0v) is 18.0. The number of allylic oxidation sites excluding steroid dienone is 1. The lowest BCUT2D eigenvalue weighted by atomic mass is 10.1. The highest BCUT2D eigenvalue weighted by Crippen LogP contribution is 2.35. The smallest absolute Gasteiger partial charge is 0.192 e. The van der Waals surface area contributed by atoms with E-state index in [4.69, 9.17) is 14.2 Å². The molecule has 29 heavy (non-hydrogen) atoms. The van der Waals surface area contributed by atoms with E-state index >= 15 is 0 Å². The normalized spacial score (nSPS) is 10.6. The van der Waals surface area contributed by atoms with E-state index in [1.807, 2.05) is 47.0 Å². The summed E-state index contributed by atoms with van der Waals surface area (Å²) in [4.78, 5) is 0. The highest BCUT2D eigenvalue weighted by Gasteiger charge is 2.17. The minimum Gasteiger partial charge on any atom is -0.496 e. The number of benzene rings is 2. The average molecular weight is 412 g/mol. The molecule has 0 saturated heterocycles. The van der Waals surface area contributed by atoms with Crippen molar-refractivity contribution in [2.24, 2.45) is 0 Å². The van der Waals surface area contributed by atoms with E-state index in [0.29, 0.717) is 6.54 Å². The van der Waals surface area contributed by atoms with Crippen LogP contribution in [0.2, 0.25) is 0 Å². The molecule has 0 atom stereocenters. The molecule has 0 bridgehead atoms. The molecule has 6 nitrogen and oxygen atoms in total. The minimum atomic E-state index is 0.605. The van der Waals surface area contributed by atoms with Crippen molar-refractivity contribution in [3.63, 3.8) is 0 Å². The third-order valence-corrected chi connectivity index (χ3v) is 5.59. The van der Waals surface area contributed by atoms with Crippen LogP contribution < -0.4 is 14.2 Å². The van der Waals surface area contributed by atoms with Crippen molar-refractivity contribution in [3.8, 4) is 28.6 Å². The van der Waals surface area contributed by atoms with Gasteiger partial charge < -0.3 is 14.2 Å². The van der Waals surface area contributed by atoms with E-state index < -0.39 is 0 Å². The van der Waals surface area contributed by atoms with E-state index in [1.165, 1.54) is 0 Å². The zero-order chi connectivity index (χ0) is 20.8. The Morgan fingerprint density at radius 3 is 2.38 bits per heavy atom. The number of methoxy groups -OCH3 is 3. The van der Waals surface area contributed by atoms with Crippen molar-refractivity contribution >= 4 is 11.8 Å². The number of hydrogen-bond donors (Lipinski definition) is 0. The van der Waals surface area contributed by atoms with E-state index in [2.05, 4.69) is 23.7 Å². The molecule has 0 saturated carbocycles. The maximum absolute atomic E-state index is 5.50. The molecule has 0 amide bonds. The molecule has 0 aliphatic rings. The Morgan fingerprint density at radius 2 is 1.69 bits per heavy atom. The zero-order valence-electron chi connectivity index (χ0n) is 17.1. The molecule has 0 unspecified atom stereocenters. The summed E-state index contributed by atoms with van der Waals surface area (Å²) in [7, 11) is 4.94. The van der Waals surface area contributed by atoms with Gasteiger partial charge in [0.15, 0.2) is 22.5 Å². The number of nitrogens with zero attached hydrogens (tertiary/aromatic N) is 3. The molecule has 2 aromatic carbocycles. The Labute approximate surface area is 175 Å². The van der Waals surface area contributed by atoms with E-state index in [1.54, 1.807) is 33.1 Å². The van der Waals surface area contributed by atoms with Crippen molar-refractivity contribution in [2.75, 3.05) is 21.3 Å². The topological polar surface area (TPSA) is 58.4 Å². The predicted octanol–water partition coefficient (Wildman–Crippen LogP) is 4.76. The van der Waals surface area contributed by atoms with Crippen LogP contribution >= 0.6 is 11.8 Å². The van der Waals surface area contributed by atoms with Gasteiger partial charge in [-0.25, -0.2) is 0 Å². The van der Waals surface area contributed by atoms with E-state index in [-0.39, 0.29) is 0 Å². The molecule has 0 aliphatic carbocycles. The summed E-state index contributed by atoms with van der Waals surface area (Å²) in [6.07, 6.45) is 1.84. The standard InChI is InChI=1S/C22H25N3O3S/c1-6-11-25-21(17-9-7-8-10-18(17)26-3)23-24-22(25)29-14-16-13-20(28-5)19(27-4)12-15(16)2/h6-10,12-13H,1,11,14H2,2-5H3. The maximum Gasteiger partial charge on any atom is 0.192 e. The lowest BCUT2D eigenvalue weighted by Gasteiger charge is -2.13. The Bertz CT molecular complexity index is 1000. The van der Waals surface area contributed by atoms with Crippen LogP contribution in [0, 0.1) is 6.92 Å². The van der Waals surface area contributed by atoms with Gasteiger partial charge in [0.1, 0.15) is 5.75 Å². The van der Waals surface area contributed by atoms with Crippen LogP contribution in [0.25, 0.3) is 11.4 Å². The van der Waals surface area contributed by atoms with E-state index in [0.717, 1.165) is 50.7 Å². The molecule has 152 valence electrons. The molecular formula is C22H25N3O3S. The lowest BCUT2D eigenvalue weighted by Crippen LogP contribution is -2.02. The summed E-state index contributed by atoms with van der Waals surface area (Å²) < 4.78 is 18.4. The van der Waals surface area contributed by atoms with Gasteiger partial charge in [0.2, 0.25) is 0 Å². The molecule has 7 heteroatoms. The monoisotopic (exact) mass is 411 g/mol. The summed E-state index contributed by atoms with van der Waals surface area (Å²) in [5.41, 5.74) is 3.19. The summed E-state index contributed by atoms with van der Waals surface area (Å²) in [6, 6.07) is 11.8. The Hall–Kier alpha value is -2.93. The van der Waals surface area contributed by atoms with Crippen LogP contribution in [-0.2, 0) is 12.3 Å². The number of thioether (sulfide) groups is 1. The van der Waals surface area contributed by atoms with Gasteiger partial charge in [0.05, 0.1) is 26.9 Å². The molecule has 1 heterocycles. The van der Waals surface area contributed by atoms with Crippen LogP contribution in [0.5, 0.6) is 17.2 Å². The van der Waals surface area contributed by atoms with Gasteiger partial charge >= 0.3 is 0 Å². The van der Waals surface area contributed by atoms with Crippen molar-refractivity contribution in [1.82, 2.24) is 14.8 Å². The molecule has 1 aromatic heterocycles. The van der Waals surface area contributed by atoms with Crippen molar-refractivity contribution < 1.29 is 14.2 Å². The first-order valence-electron chi connectivity index (χ1n) is 9.14. The second-order valence-corrected chi connectivity index (χ2v) is 7.27. The first kappa shape index (κ1) is 20.8. The summed E-state index contributed by atoms with van der Waals surface area (Å²) in [5, 5.41) is 9.67. The average Bonchev–Trinajstić information content (AvgIpc) is 3.15. The van der Waals surface area contributed by atoms with Crippen molar-refractivity contribution in [2.45, 2.75) is 24.4 Å². The molecule has 0 fully saturated rings. The van der Waals surface area contributed by atoms with Gasteiger partial charge in [-0.15, -0.1) is 16.8 Å². The van der Waals surface area contributed by atoms with Gasteiger partial charge in [0, 0.05) is 12.3 Å². The van der Waals surface area contributed by atoms with Crippen molar-refractivity contribution in [3.05, 3.63) is 60.2 Å². The Kier molecular flexibility index (Phi) is 6.82. The van der Waals surface area contributed by atoms with Crippen LogP contribution in [0.4, 0.5) is 0 Å². The maximum atomic E-state index is 5.50. The number of hydrogen-bond acceptors (Lipinski definition) is 6. The van der Waals surface area contributed by atoms with Gasteiger partial charge in [-0.2, -0.15) is 0 Å². The Morgan fingerprint density at radius 1 is 1.00 bits per heavy atom. The molecule has 3 rings (SSSR count). The SMILES string of the molecule is C=CCn1c(SCc2cc(OC)c(OC)cc2C)nnc1-c1ccccc1OC. The minimum absolute atomic E-state index is 0.605. The molecule has 0 spiro atoms. The fraction of sp³-hybridized carbons (Fsp3) is 0.273. The number of aromatic nitrogens is 3. The summed E-state index contributed by atoms with van der Waals surface area (Å²) in [5.74, 6) is 3.70. The quantitative estimate of drug-likeness (QED) is 0.374. The number of ether oxygens (including phenoxy) is 3. The van der Waals surface area contributed by atoms with E-state index in [9.17, 15) is 0 Å². The molecule has 0 aliphatic heterocycles. The van der Waals surface area contributed by atoms with Gasteiger partial charge in [-0.1, -0.05) is 30.0 Å². The van der Waals surface area contributed by atoms with Gasteiger partial charge in [-0.3, -0.25) is 4.57 Å². The van der Waals surface area contributed by atoms with Crippen LogP contribution in [0.1, 0.15) is 11.1 Å². The molecular weight excluding hydrogens is 386 g/mol. The fourth-order valence-corrected chi connectivity index (χ4v) is 4.05. The highest BCUT2D eigenvalue weighted by atomic mass is 32.2. The largest absolute Gasteiger partial charge is 0.496 e.